The number of nitrogens with zero attached hydrogens (tertiary/aromatic N) is 3. The van der Waals surface area contributed by atoms with Crippen molar-refractivity contribution in [2.45, 2.75) is 19.8 Å². The minimum Gasteiger partial charge on any atom is -0.331 e. The van der Waals surface area contributed by atoms with Crippen LogP contribution in [-0.4, -0.2) is 33.7 Å². The molecule has 1 aliphatic rings. The molecule has 4 rings (SSSR count). The zero-order valence-corrected chi connectivity index (χ0v) is 17.5. The lowest BCUT2D eigenvalue weighted by atomic mass is 10.1. The summed E-state index contributed by atoms with van der Waals surface area (Å²) in [5.41, 5.74) is 3.06. The molecule has 7 nitrogen and oxygen atoms in total. The van der Waals surface area contributed by atoms with Crippen molar-refractivity contribution < 1.29 is 14.4 Å². The number of hydrogen-bond acceptors (Lipinski definition) is 4. The highest BCUT2D eigenvalue weighted by Gasteiger charge is 2.35. The second-order valence-corrected chi connectivity index (χ2v) is 7.69. The molecule has 1 aliphatic heterocycles. The van der Waals surface area contributed by atoms with Crippen molar-refractivity contribution in [3.8, 4) is 0 Å². The Morgan fingerprint density at radius 1 is 1.16 bits per heavy atom. The first-order valence-corrected chi connectivity index (χ1v) is 10.3. The van der Waals surface area contributed by atoms with Crippen LogP contribution in [-0.2, 0) is 23.1 Å². The molecule has 0 bridgehead atoms. The average molecular weight is 416 g/mol. The summed E-state index contributed by atoms with van der Waals surface area (Å²) in [4.78, 5) is 43.5. The molecule has 1 atom stereocenters. The highest BCUT2D eigenvalue weighted by atomic mass is 16.2. The van der Waals surface area contributed by atoms with Crippen molar-refractivity contribution >= 4 is 29.0 Å². The van der Waals surface area contributed by atoms with E-state index in [9.17, 15) is 14.4 Å². The van der Waals surface area contributed by atoms with Crippen LogP contribution in [0.4, 0.5) is 11.4 Å². The second-order valence-electron chi connectivity index (χ2n) is 7.69. The molecule has 7 heteroatoms. The summed E-state index contributed by atoms with van der Waals surface area (Å²) in [6, 6.07) is 14.5. The molecule has 0 saturated carbocycles. The minimum atomic E-state index is -0.424. The second kappa shape index (κ2) is 8.55. The average Bonchev–Trinajstić information content (AvgIpc) is 3.39. The van der Waals surface area contributed by atoms with Gasteiger partial charge < -0.3 is 14.8 Å². The van der Waals surface area contributed by atoms with E-state index in [4.69, 9.17) is 0 Å². The molecule has 2 aromatic carbocycles. The zero-order valence-electron chi connectivity index (χ0n) is 17.5. The largest absolute Gasteiger partial charge is 0.331 e. The van der Waals surface area contributed by atoms with Gasteiger partial charge in [-0.2, -0.15) is 0 Å². The third-order valence-corrected chi connectivity index (χ3v) is 5.57. The van der Waals surface area contributed by atoms with Crippen molar-refractivity contribution in [3.63, 3.8) is 0 Å². The maximum absolute atomic E-state index is 12.7. The lowest BCUT2D eigenvalue weighted by Crippen LogP contribution is -2.28. The molecular formula is C24H24N4O3. The van der Waals surface area contributed by atoms with Gasteiger partial charge >= 0.3 is 0 Å². The first kappa shape index (κ1) is 20.5. The molecular weight excluding hydrogens is 392 g/mol. The quantitative estimate of drug-likeness (QED) is 0.626. The topological polar surface area (TPSA) is 84.3 Å². The Hall–Kier alpha value is -3.74. The smallest absolute Gasteiger partial charge is 0.229 e. The van der Waals surface area contributed by atoms with E-state index in [-0.39, 0.29) is 24.0 Å². The molecule has 31 heavy (non-hydrogen) atoms. The van der Waals surface area contributed by atoms with Gasteiger partial charge in [0, 0.05) is 49.3 Å². The Labute approximate surface area is 180 Å². The predicted molar refractivity (Wildman–Crippen MR) is 118 cm³/mol. The van der Waals surface area contributed by atoms with Gasteiger partial charge in [-0.3, -0.25) is 14.4 Å². The van der Waals surface area contributed by atoms with Crippen LogP contribution >= 0.6 is 0 Å². The molecule has 2 heterocycles. The van der Waals surface area contributed by atoms with Crippen LogP contribution < -0.4 is 10.2 Å². The molecule has 0 spiro atoms. The lowest BCUT2D eigenvalue weighted by Gasteiger charge is -2.17. The number of amides is 2. The van der Waals surface area contributed by atoms with Crippen molar-refractivity contribution in [3.05, 3.63) is 77.9 Å². The minimum absolute atomic E-state index is 0.0515. The van der Waals surface area contributed by atoms with E-state index in [0.717, 1.165) is 17.7 Å². The van der Waals surface area contributed by atoms with Crippen LogP contribution in [0.2, 0.25) is 0 Å². The summed E-state index contributed by atoms with van der Waals surface area (Å²) < 4.78 is 1.66. The highest BCUT2D eigenvalue weighted by Crippen LogP contribution is 2.27. The number of carbonyl (C=O) groups excluding carboxylic acids is 3. The Balaban J connectivity index is 1.41. The summed E-state index contributed by atoms with van der Waals surface area (Å²) >= 11 is 0. The third-order valence-electron chi connectivity index (χ3n) is 5.57. The number of carbonyl (C=O) groups is 3. The number of anilines is 2. The van der Waals surface area contributed by atoms with Crippen LogP contribution in [0.1, 0.15) is 35.1 Å². The number of imidazole rings is 1. The molecule has 1 fully saturated rings. The van der Waals surface area contributed by atoms with Crippen LogP contribution in [0, 0.1) is 5.92 Å². The van der Waals surface area contributed by atoms with Gasteiger partial charge in [0.05, 0.1) is 5.92 Å². The Morgan fingerprint density at radius 3 is 2.61 bits per heavy atom. The first-order valence-electron chi connectivity index (χ1n) is 10.3. The molecule has 1 N–H and O–H groups in total. The van der Waals surface area contributed by atoms with E-state index in [0.29, 0.717) is 23.6 Å². The summed E-state index contributed by atoms with van der Waals surface area (Å²) in [6.07, 6.45) is 4.36. The van der Waals surface area contributed by atoms with Crippen LogP contribution in [0.25, 0.3) is 0 Å². The van der Waals surface area contributed by atoms with Crippen LogP contribution in [0.5, 0.6) is 0 Å². The van der Waals surface area contributed by atoms with Gasteiger partial charge in [0.2, 0.25) is 17.6 Å². The van der Waals surface area contributed by atoms with Crippen molar-refractivity contribution in [1.29, 1.82) is 0 Å². The molecule has 1 aromatic heterocycles. The van der Waals surface area contributed by atoms with Gasteiger partial charge in [-0.1, -0.05) is 19.1 Å². The Morgan fingerprint density at radius 2 is 1.94 bits per heavy atom. The van der Waals surface area contributed by atoms with Gasteiger partial charge in [0.1, 0.15) is 0 Å². The Kier molecular flexibility index (Phi) is 5.66. The van der Waals surface area contributed by atoms with E-state index in [1.165, 1.54) is 0 Å². The highest BCUT2D eigenvalue weighted by molar-refractivity contribution is 6.07. The SMILES string of the molecule is CCc1cccc(N2CC(C(=O)Nc3ccc(C(=O)c4nccn4C)cc3)CC2=O)c1. The fraction of sp³-hybridized carbons (Fsp3) is 0.250. The Bertz CT molecular complexity index is 1130. The molecule has 3 aromatic rings. The number of aryl methyl sites for hydroxylation is 2. The fourth-order valence-electron chi connectivity index (χ4n) is 3.74. The molecule has 1 saturated heterocycles. The molecule has 0 aliphatic carbocycles. The van der Waals surface area contributed by atoms with Crippen LogP contribution in [0.3, 0.4) is 0 Å². The lowest BCUT2D eigenvalue weighted by molar-refractivity contribution is -0.122. The number of hydrogen-bond donors (Lipinski definition) is 1. The van der Waals surface area contributed by atoms with E-state index in [1.54, 1.807) is 53.2 Å². The van der Waals surface area contributed by atoms with Gasteiger partial charge in [-0.25, -0.2) is 4.98 Å². The number of ketones is 1. The van der Waals surface area contributed by atoms with Gasteiger partial charge in [0.25, 0.3) is 0 Å². The number of nitrogens with one attached hydrogen (secondary N) is 1. The third kappa shape index (κ3) is 4.26. The molecule has 1 unspecified atom stereocenters. The fourth-order valence-corrected chi connectivity index (χ4v) is 3.74. The summed E-state index contributed by atoms with van der Waals surface area (Å²) in [6.45, 7) is 2.42. The van der Waals surface area contributed by atoms with E-state index in [2.05, 4.69) is 17.2 Å². The maximum atomic E-state index is 12.7. The normalized spacial score (nSPS) is 15.9. The number of benzene rings is 2. The number of rotatable bonds is 6. The number of aromatic nitrogens is 2. The zero-order chi connectivity index (χ0) is 22.0. The molecule has 0 radical (unpaired) electrons. The van der Waals surface area contributed by atoms with Crippen LogP contribution in [0.15, 0.2) is 60.9 Å². The van der Waals surface area contributed by atoms with Gasteiger partial charge in [-0.15, -0.1) is 0 Å². The molecule has 2 amide bonds. The van der Waals surface area contributed by atoms with Gasteiger partial charge in [-0.05, 0) is 48.4 Å². The van der Waals surface area contributed by atoms with Gasteiger partial charge in [0.15, 0.2) is 5.82 Å². The van der Waals surface area contributed by atoms with Crippen molar-refractivity contribution in [1.82, 2.24) is 9.55 Å². The summed E-state index contributed by atoms with van der Waals surface area (Å²) in [7, 11) is 1.76. The van der Waals surface area contributed by atoms with Crippen molar-refractivity contribution in [2.75, 3.05) is 16.8 Å². The standard InChI is InChI=1S/C24H24N4O3/c1-3-16-5-4-6-20(13-16)28-15-18(14-21(28)29)24(31)26-19-9-7-17(8-10-19)22(30)23-25-11-12-27(23)2/h4-13,18H,3,14-15H2,1-2H3,(H,26,31). The summed E-state index contributed by atoms with van der Waals surface area (Å²) in [5, 5.41) is 2.86. The molecule has 158 valence electrons. The predicted octanol–water partition coefficient (Wildman–Crippen LogP) is 3.21. The van der Waals surface area contributed by atoms with E-state index < -0.39 is 5.92 Å². The van der Waals surface area contributed by atoms with Crippen molar-refractivity contribution in [2.24, 2.45) is 13.0 Å². The summed E-state index contributed by atoms with van der Waals surface area (Å²) in [5.74, 6) is -0.507. The van der Waals surface area contributed by atoms with E-state index >= 15 is 0 Å². The monoisotopic (exact) mass is 416 g/mol. The first-order chi connectivity index (χ1) is 15.0. The van der Waals surface area contributed by atoms with E-state index in [1.807, 2.05) is 24.3 Å². The maximum Gasteiger partial charge on any atom is 0.229 e.